The molecule has 3 aromatic rings. The number of carbonyl (C=O) groups is 2. The number of aromatic hydroxyl groups is 1. The highest BCUT2D eigenvalue weighted by Gasteiger charge is 2.14. The molecule has 0 saturated heterocycles. The molecule has 3 rings (SSSR count). The number of hydrazine groups is 1. The van der Waals surface area contributed by atoms with Gasteiger partial charge in [0, 0.05) is 0 Å². The van der Waals surface area contributed by atoms with Crippen LogP contribution in [0.15, 0.2) is 52.3 Å². The molecule has 0 aliphatic heterocycles. The summed E-state index contributed by atoms with van der Waals surface area (Å²) in [5, 5.41) is 11.6. The monoisotopic (exact) mass is 390 g/mol. The number of phenolic OH excluding ortho intramolecular Hbond substituents is 1. The van der Waals surface area contributed by atoms with E-state index in [1.807, 2.05) is 24.3 Å². The molecule has 7 heteroatoms. The molecule has 0 fully saturated rings. The van der Waals surface area contributed by atoms with E-state index in [9.17, 15) is 14.7 Å². The lowest BCUT2D eigenvalue weighted by atomic mass is 10.1. The first-order chi connectivity index (χ1) is 11.0. The van der Waals surface area contributed by atoms with Gasteiger partial charge in [0.05, 0.1) is 14.2 Å². The van der Waals surface area contributed by atoms with E-state index >= 15 is 0 Å². The highest BCUT2D eigenvalue weighted by atomic mass is 79.9. The standard InChI is InChI=1S/C16H11BrN2O3S/c17-14-6-5-13(23-14)16(22)19-18-15(21)11-7-9-3-1-2-4-10(9)8-12(11)20/h1-8,20H,(H,18,21)(H,19,22). The molecule has 2 amide bonds. The minimum absolute atomic E-state index is 0.0939. The van der Waals surface area contributed by atoms with Crippen LogP contribution in [0.25, 0.3) is 10.8 Å². The van der Waals surface area contributed by atoms with Crippen LogP contribution in [0, 0.1) is 0 Å². The number of halogens is 1. The Morgan fingerprint density at radius 3 is 2.26 bits per heavy atom. The van der Waals surface area contributed by atoms with Gasteiger partial charge in [-0.2, -0.15) is 0 Å². The van der Waals surface area contributed by atoms with Gasteiger partial charge in [0.2, 0.25) is 0 Å². The second-order valence-electron chi connectivity index (χ2n) is 4.73. The number of rotatable bonds is 2. The topological polar surface area (TPSA) is 78.4 Å². The molecular weight excluding hydrogens is 380 g/mol. The van der Waals surface area contributed by atoms with E-state index in [1.54, 1.807) is 18.2 Å². The average Bonchev–Trinajstić information content (AvgIpc) is 2.98. The molecule has 116 valence electrons. The molecule has 0 aliphatic carbocycles. The molecular formula is C16H11BrN2O3S. The van der Waals surface area contributed by atoms with Gasteiger partial charge in [-0.15, -0.1) is 11.3 Å². The van der Waals surface area contributed by atoms with Gasteiger partial charge in [0.1, 0.15) is 5.75 Å². The van der Waals surface area contributed by atoms with Crippen molar-refractivity contribution in [2.75, 3.05) is 0 Å². The molecule has 0 radical (unpaired) electrons. The fourth-order valence-corrected chi connectivity index (χ4v) is 3.37. The smallest absolute Gasteiger partial charge is 0.279 e. The predicted octanol–water partition coefficient (Wildman–Crippen LogP) is 3.44. The maximum atomic E-state index is 12.2. The number of phenols is 1. The lowest BCUT2D eigenvalue weighted by Crippen LogP contribution is -2.41. The molecule has 5 nitrogen and oxygen atoms in total. The number of thiophene rings is 1. The third-order valence-electron chi connectivity index (χ3n) is 3.20. The molecule has 0 bridgehead atoms. The number of nitrogens with one attached hydrogen (secondary N) is 2. The largest absolute Gasteiger partial charge is 0.507 e. The lowest BCUT2D eigenvalue weighted by molar-refractivity contribution is 0.0847. The summed E-state index contributed by atoms with van der Waals surface area (Å²) >= 11 is 4.52. The summed E-state index contributed by atoms with van der Waals surface area (Å²) in [5.74, 6) is -1.15. The van der Waals surface area contributed by atoms with Crippen molar-refractivity contribution in [3.63, 3.8) is 0 Å². The molecule has 1 aromatic heterocycles. The molecule has 0 spiro atoms. The Hall–Kier alpha value is -2.38. The van der Waals surface area contributed by atoms with Gasteiger partial charge < -0.3 is 5.11 Å². The summed E-state index contributed by atoms with van der Waals surface area (Å²) in [5.41, 5.74) is 4.72. The van der Waals surface area contributed by atoms with Crippen molar-refractivity contribution in [1.29, 1.82) is 0 Å². The Bertz CT molecular complexity index is 907. The van der Waals surface area contributed by atoms with Crippen molar-refractivity contribution in [2.24, 2.45) is 0 Å². The number of amides is 2. The molecule has 0 atom stereocenters. The zero-order valence-electron chi connectivity index (χ0n) is 11.7. The van der Waals surface area contributed by atoms with Gasteiger partial charge in [0.15, 0.2) is 0 Å². The van der Waals surface area contributed by atoms with Crippen LogP contribution in [-0.4, -0.2) is 16.9 Å². The van der Waals surface area contributed by atoms with Crippen LogP contribution in [0.4, 0.5) is 0 Å². The quantitative estimate of drug-likeness (QED) is 0.586. The maximum absolute atomic E-state index is 12.2. The van der Waals surface area contributed by atoms with E-state index in [1.165, 1.54) is 17.4 Å². The van der Waals surface area contributed by atoms with E-state index in [-0.39, 0.29) is 11.3 Å². The first-order valence-corrected chi connectivity index (χ1v) is 8.23. The average molecular weight is 391 g/mol. The maximum Gasteiger partial charge on any atom is 0.279 e. The van der Waals surface area contributed by atoms with Crippen molar-refractivity contribution in [1.82, 2.24) is 10.9 Å². The Labute approximate surface area is 144 Å². The second-order valence-corrected chi connectivity index (χ2v) is 7.19. The highest BCUT2D eigenvalue weighted by molar-refractivity contribution is 9.11. The summed E-state index contributed by atoms with van der Waals surface area (Å²) in [7, 11) is 0. The zero-order valence-corrected chi connectivity index (χ0v) is 14.1. The molecule has 1 heterocycles. The van der Waals surface area contributed by atoms with Crippen molar-refractivity contribution in [3.8, 4) is 5.75 Å². The summed E-state index contributed by atoms with van der Waals surface area (Å²) < 4.78 is 0.821. The second kappa shape index (κ2) is 6.39. The minimum Gasteiger partial charge on any atom is -0.507 e. The number of fused-ring (bicyclic) bond motifs is 1. The SMILES string of the molecule is O=C(NNC(=O)c1cc2ccccc2cc1O)c1ccc(Br)s1. The Morgan fingerprint density at radius 1 is 0.957 bits per heavy atom. The fourth-order valence-electron chi connectivity index (χ4n) is 2.09. The predicted molar refractivity (Wildman–Crippen MR) is 92.6 cm³/mol. The van der Waals surface area contributed by atoms with Crippen LogP contribution in [0.1, 0.15) is 20.0 Å². The highest BCUT2D eigenvalue weighted by Crippen LogP contribution is 2.25. The van der Waals surface area contributed by atoms with Crippen molar-refractivity contribution in [2.45, 2.75) is 0 Å². The number of hydrogen-bond donors (Lipinski definition) is 3. The first-order valence-electron chi connectivity index (χ1n) is 6.62. The van der Waals surface area contributed by atoms with E-state index in [0.717, 1.165) is 14.6 Å². The van der Waals surface area contributed by atoms with E-state index in [2.05, 4.69) is 26.8 Å². The summed E-state index contributed by atoms with van der Waals surface area (Å²) in [6.45, 7) is 0. The molecule has 3 N–H and O–H groups in total. The van der Waals surface area contributed by atoms with Crippen LogP contribution in [0.3, 0.4) is 0 Å². The third-order valence-corrected chi connectivity index (χ3v) is 4.82. The first kappa shape index (κ1) is 15.5. The Kier molecular flexibility index (Phi) is 4.31. The molecule has 0 aliphatic rings. The number of carbonyl (C=O) groups excluding carboxylic acids is 2. The van der Waals surface area contributed by atoms with Gasteiger partial charge in [-0.25, -0.2) is 0 Å². The Morgan fingerprint density at radius 2 is 1.61 bits per heavy atom. The van der Waals surface area contributed by atoms with E-state index in [0.29, 0.717) is 4.88 Å². The van der Waals surface area contributed by atoms with E-state index in [4.69, 9.17) is 0 Å². The summed E-state index contributed by atoms with van der Waals surface area (Å²) in [6.07, 6.45) is 0. The third kappa shape index (κ3) is 3.35. The van der Waals surface area contributed by atoms with Crippen molar-refractivity contribution < 1.29 is 14.7 Å². The fraction of sp³-hybridized carbons (Fsp3) is 0. The van der Waals surface area contributed by atoms with Gasteiger partial charge >= 0.3 is 0 Å². The van der Waals surface area contributed by atoms with Crippen LogP contribution in [0.2, 0.25) is 0 Å². The summed E-state index contributed by atoms with van der Waals surface area (Å²) in [4.78, 5) is 24.5. The molecule has 23 heavy (non-hydrogen) atoms. The zero-order chi connectivity index (χ0) is 16.4. The number of hydrogen-bond acceptors (Lipinski definition) is 4. The summed E-state index contributed by atoms with van der Waals surface area (Å²) in [6, 6.07) is 13.9. The van der Waals surface area contributed by atoms with Crippen molar-refractivity contribution >= 4 is 49.9 Å². The number of benzene rings is 2. The normalized spacial score (nSPS) is 10.5. The van der Waals surface area contributed by atoms with Crippen LogP contribution in [0.5, 0.6) is 5.75 Å². The van der Waals surface area contributed by atoms with Crippen molar-refractivity contribution in [3.05, 3.63) is 62.8 Å². The van der Waals surface area contributed by atoms with Gasteiger partial charge in [-0.3, -0.25) is 20.4 Å². The van der Waals surface area contributed by atoms with Gasteiger partial charge in [-0.05, 0) is 51.0 Å². The van der Waals surface area contributed by atoms with Crippen LogP contribution >= 0.6 is 27.3 Å². The van der Waals surface area contributed by atoms with Gasteiger partial charge in [0.25, 0.3) is 11.8 Å². The molecule has 2 aromatic carbocycles. The minimum atomic E-state index is -0.586. The molecule has 0 saturated carbocycles. The van der Waals surface area contributed by atoms with Crippen LogP contribution in [-0.2, 0) is 0 Å². The van der Waals surface area contributed by atoms with E-state index < -0.39 is 11.8 Å². The van der Waals surface area contributed by atoms with Crippen LogP contribution < -0.4 is 10.9 Å². The molecule has 0 unspecified atom stereocenters. The Balaban J connectivity index is 1.75. The lowest BCUT2D eigenvalue weighted by Gasteiger charge is -2.09. The van der Waals surface area contributed by atoms with Gasteiger partial charge in [-0.1, -0.05) is 24.3 Å².